The van der Waals surface area contributed by atoms with Crippen molar-refractivity contribution in [2.24, 2.45) is 0 Å². The van der Waals surface area contributed by atoms with Crippen LogP contribution in [0.15, 0.2) is 77.7 Å². The first-order chi connectivity index (χ1) is 14.4. The van der Waals surface area contributed by atoms with Crippen LogP contribution in [-0.4, -0.2) is 32.2 Å². The van der Waals surface area contributed by atoms with Crippen LogP contribution in [0, 0.1) is 0 Å². The zero-order chi connectivity index (χ0) is 21.3. The number of likely N-dealkylation sites (N-methyl/N-ethyl adjacent to an activating group) is 1. The lowest BCUT2D eigenvalue weighted by Crippen LogP contribution is -2.40. The van der Waals surface area contributed by atoms with E-state index in [1.807, 2.05) is 48.5 Å². The number of nitrogens with zero attached hydrogens (tertiary/aromatic N) is 1. The van der Waals surface area contributed by atoms with Crippen LogP contribution in [0.5, 0.6) is 11.5 Å². The summed E-state index contributed by atoms with van der Waals surface area (Å²) in [5.41, 5.74) is 1.63. The van der Waals surface area contributed by atoms with Gasteiger partial charge in [-0.1, -0.05) is 48.0 Å². The molecule has 8 heteroatoms. The van der Waals surface area contributed by atoms with Crippen molar-refractivity contribution in [3.05, 3.63) is 88.9 Å². The maximum atomic E-state index is 12.8. The second-order valence-electron chi connectivity index (χ2n) is 6.89. The molecule has 3 aromatic rings. The molecule has 1 N–H and O–H groups in total. The first-order valence-corrected chi connectivity index (χ1v) is 11.0. The van der Waals surface area contributed by atoms with Crippen LogP contribution in [0.1, 0.15) is 17.2 Å². The van der Waals surface area contributed by atoms with E-state index in [4.69, 9.17) is 16.3 Å². The highest BCUT2D eigenvalue weighted by atomic mass is 35.5. The third-order valence-electron chi connectivity index (χ3n) is 4.87. The smallest absolute Gasteiger partial charge is 0.243 e. The van der Waals surface area contributed by atoms with E-state index < -0.39 is 22.0 Å². The molecule has 0 saturated carbocycles. The first-order valence-electron chi connectivity index (χ1n) is 9.23. The van der Waals surface area contributed by atoms with Crippen LogP contribution in [0.4, 0.5) is 0 Å². The number of sulfonamides is 1. The zero-order valence-electron chi connectivity index (χ0n) is 16.1. The molecule has 6 nitrogen and oxygen atoms in total. The Morgan fingerprint density at radius 2 is 1.50 bits per heavy atom. The van der Waals surface area contributed by atoms with Crippen molar-refractivity contribution in [3.8, 4) is 11.5 Å². The summed E-state index contributed by atoms with van der Waals surface area (Å²) in [6, 6.07) is 20.3. The predicted molar refractivity (Wildman–Crippen MR) is 114 cm³/mol. The molecule has 0 radical (unpaired) electrons. The van der Waals surface area contributed by atoms with Gasteiger partial charge >= 0.3 is 0 Å². The maximum absolute atomic E-state index is 12.8. The number of nitrogens with one attached hydrogen (secondary N) is 1. The first kappa shape index (κ1) is 20.4. The average molecular weight is 443 g/mol. The number of carbonyl (C=O) groups is 1. The molecule has 0 bridgehead atoms. The summed E-state index contributed by atoms with van der Waals surface area (Å²) in [5, 5.41) is 3.38. The number of ether oxygens (including phenoxy) is 1. The summed E-state index contributed by atoms with van der Waals surface area (Å²) < 4.78 is 32.4. The molecule has 0 aromatic heterocycles. The minimum atomic E-state index is -3.82. The van der Waals surface area contributed by atoms with Gasteiger partial charge in [0.2, 0.25) is 15.9 Å². The second-order valence-corrected chi connectivity index (χ2v) is 9.37. The Hall–Kier alpha value is -2.87. The average Bonchev–Trinajstić information content (AvgIpc) is 2.73. The highest BCUT2D eigenvalue weighted by Crippen LogP contribution is 2.42. The molecule has 1 amide bonds. The van der Waals surface area contributed by atoms with E-state index >= 15 is 0 Å². The molecule has 0 atom stereocenters. The van der Waals surface area contributed by atoms with Gasteiger partial charge in [0, 0.05) is 23.2 Å². The maximum Gasteiger partial charge on any atom is 0.243 e. The predicted octanol–water partition coefficient (Wildman–Crippen LogP) is 3.97. The summed E-state index contributed by atoms with van der Waals surface area (Å²) in [5.74, 6) is 0.888. The van der Waals surface area contributed by atoms with Crippen molar-refractivity contribution in [1.29, 1.82) is 0 Å². The van der Waals surface area contributed by atoms with E-state index in [2.05, 4.69) is 5.32 Å². The Bertz CT molecular complexity index is 1150. The molecule has 1 aliphatic heterocycles. The topological polar surface area (TPSA) is 75.7 Å². The molecule has 1 heterocycles. The Balaban J connectivity index is 1.55. The van der Waals surface area contributed by atoms with E-state index in [0.29, 0.717) is 16.5 Å². The summed E-state index contributed by atoms with van der Waals surface area (Å²) in [6.45, 7) is -0.327. The molecule has 0 aliphatic carbocycles. The molecule has 1 aliphatic rings. The molecule has 154 valence electrons. The van der Waals surface area contributed by atoms with E-state index in [0.717, 1.165) is 15.4 Å². The van der Waals surface area contributed by atoms with Crippen molar-refractivity contribution in [2.75, 3.05) is 13.6 Å². The van der Waals surface area contributed by atoms with Gasteiger partial charge in [0.25, 0.3) is 0 Å². The van der Waals surface area contributed by atoms with Crippen molar-refractivity contribution >= 4 is 27.5 Å². The largest absolute Gasteiger partial charge is 0.457 e. The number of benzene rings is 3. The fourth-order valence-corrected chi connectivity index (χ4v) is 4.60. The van der Waals surface area contributed by atoms with Gasteiger partial charge in [-0.15, -0.1) is 0 Å². The normalized spacial score (nSPS) is 13.3. The van der Waals surface area contributed by atoms with Crippen molar-refractivity contribution in [1.82, 2.24) is 9.62 Å². The monoisotopic (exact) mass is 442 g/mol. The van der Waals surface area contributed by atoms with Gasteiger partial charge in [0.15, 0.2) is 0 Å². The van der Waals surface area contributed by atoms with Crippen molar-refractivity contribution in [3.63, 3.8) is 0 Å². The minimum Gasteiger partial charge on any atom is -0.457 e. The Morgan fingerprint density at radius 3 is 2.07 bits per heavy atom. The van der Waals surface area contributed by atoms with Crippen LogP contribution >= 0.6 is 11.6 Å². The Labute approximate surface area is 180 Å². The molecule has 0 saturated heterocycles. The number of amides is 1. The molecule has 0 spiro atoms. The van der Waals surface area contributed by atoms with Crippen molar-refractivity contribution in [2.45, 2.75) is 10.9 Å². The highest BCUT2D eigenvalue weighted by molar-refractivity contribution is 7.89. The summed E-state index contributed by atoms with van der Waals surface area (Å²) in [6.07, 6.45) is 0. The minimum absolute atomic E-state index is 0.0731. The van der Waals surface area contributed by atoms with E-state index in [1.54, 1.807) is 0 Å². The second kappa shape index (κ2) is 8.10. The number of rotatable bonds is 5. The fraction of sp³-hybridized carbons (Fsp3) is 0.136. The summed E-state index contributed by atoms with van der Waals surface area (Å²) in [4.78, 5) is 12.9. The fourth-order valence-electron chi connectivity index (χ4n) is 3.35. The van der Waals surface area contributed by atoms with Gasteiger partial charge < -0.3 is 10.1 Å². The lowest BCUT2D eigenvalue weighted by atomic mass is 9.94. The van der Waals surface area contributed by atoms with Gasteiger partial charge in [-0.05, 0) is 36.4 Å². The number of hydrogen-bond acceptors (Lipinski definition) is 4. The SMILES string of the molecule is CN(CC(=O)NC1c2ccccc2Oc2ccccc21)S(=O)(=O)c1ccc(Cl)cc1. The van der Waals surface area contributed by atoms with Gasteiger partial charge in [-0.25, -0.2) is 8.42 Å². The Kier molecular flexibility index (Phi) is 5.51. The molecule has 3 aromatic carbocycles. The number of fused-ring (bicyclic) bond motifs is 2. The number of halogens is 1. The summed E-state index contributed by atoms with van der Waals surface area (Å²) >= 11 is 5.83. The van der Waals surface area contributed by atoms with Crippen LogP contribution in [-0.2, 0) is 14.8 Å². The van der Waals surface area contributed by atoms with Crippen LogP contribution < -0.4 is 10.1 Å². The van der Waals surface area contributed by atoms with Gasteiger partial charge in [-0.3, -0.25) is 4.79 Å². The van der Waals surface area contributed by atoms with Gasteiger partial charge in [-0.2, -0.15) is 4.31 Å². The van der Waals surface area contributed by atoms with Crippen LogP contribution in [0.3, 0.4) is 0 Å². The van der Waals surface area contributed by atoms with Crippen molar-refractivity contribution < 1.29 is 17.9 Å². The number of carbonyl (C=O) groups excluding carboxylic acids is 1. The highest BCUT2D eigenvalue weighted by Gasteiger charge is 2.29. The zero-order valence-corrected chi connectivity index (χ0v) is 17.7. The molecular formula is C22H19ClN2O4S. The third-order valence-corrected chi connectivity index (χ3v) is 6.94. The van der Waals surface area contributed by atoms with Crippen LogP contribution in [0.25, 0.3) is 0 Å². The van der Waals surface area contributed by atoms with Crippen LogP contribution in [0.2, 0.25) is 5.02 Å². The molecular weight excluding hydrogens is 424 g/mol. The third kappa shape index (κ3) is 3.92. The molecule has 30 heavy (non-hydrogen) atoms. The van der Waals surface area contributed by atoms with Gasteiger partial charge in [0.05, 0.1) is 17.5 Å². The quantitative estimate of drug-likeness (QED) is 0.648. The van der Waals surface area contributed by atoms with E-state index in [9.17, 15) is 13.2 Å². The van der Waals surface area contributed by atoms with Gasteiger partial charge in [0.1, 0.15) is 11.5 Å². The lowest BCUT2D eigenvalue weighted by molar-refractivity contribution is -0.121. The Morgan fingerprint density at radius 1 is 0.967 bits per heavy atom. The van der Waals surface area contributed by atoms with E-state index in [1.165, 1.54) is 31.3 Å². The molecule has 4 rings (SSSR count). The molecule has 0 unspecified atom stereocenters. The number of para-hydroxylation sites is 2. The summed E-state index contributed by atoms with van der Waals surface area (Å²) in [7, 11) is -2.45. The lowest BCUT2D eigenvalue weighted by Gasteiger charge is -2.29. The van der Waals surface area contributed by atoms with E-state index in [-0.39, 0.29) is 11.4 Å². The number of hydrogen-bond donors (Lipinski definition) is 1. The molecule has 0 fully saturated rings. The standard InChI is InChI=1S/C22H19ClN2O4S/c1-25(30(27,28)16-12-10-15(23)11-13-16)14-21(26)24-22-17-6-2-4-8-19(17)29-20-9-5-3-7-18(20)22/h2-13,22H,14H2,1H3,(H,24,26).